The predicted octanol–water partition coefficient (Wildman–Crippen LogP) is 8.52. The van der Waals surface area contributed by atoms with E-state index >= 15 is 0 Å². The second-order valence-corrected chi connectivity index (χ2v) is 13.5. The number of aromatic nitrogens is 4. The molecule has 13 heteroatoms. The van der Waals surface area contributed by atoms with Gasteiger partial charge in [0.2, 0.25) is 11.8 Å². The number of nitrogens with zero attached hydrogens (tertiary/aromatic N) is 4. The van der Waals surface area contributed by atoms with Gasteiger partial charge in [0.05, 0.1) is 34.6 Å². The third-order valence-electron chi connectivity index (χ3n) is 9.22. The van der Waals surface area contributed by atoms with Crippen LogP contribution in [0.4, 0.5) is 13.2 Å². The van der Waals surface area contributed by atoms with Gasteiger partial charge in [-0.25, -0.2) is 22.5 Å². The highest BCUT2D eigenvalue weighted by molar-refractivity contribution is 6.31. The van der Waals surface area contributed by atoms with Crippen LogP contribution in [0.2, 0.25) is 10.0 Å². The minimum Gasteiger partial charge on any atom is -0.351 e. The van der Waals surface area contributed by atoms with Crippen molar-refractivity contribution in [1.82, 2.24) is 30.2 Å². The molecule has 0 bridgehead atoms. The summed E-state index contributed by atoms with van der Waals surface area (Å²) in [4.78, 5) is 29.6. The van der Waals surface area contributed by atoms with Gasteiger partial charge in [0.15, 0.2) is 0 Å². The zero-order valence-electron chi connectivity index (χ0n) is 29.2. The van der Waals surface area contributed by atoms with Crippen molar-refractivity contribution in [3.8, 4) is 11.4 Å². The van der Waals surface area contributed by atoms with Gasteiger partial charge in [0.25, 0.3) is 0 Å². The Kier molecular flexibility index (Phi) is 11.1. The molecular formula is C40H35Cl2F3N6O2. The second kappa shape index (κ2) is 15.7. The van der Waals surface area contributed by atoms with Crippen molar-refractivity contribution >= 4 is 35.0 Å². The number of nitrogens with one attached hydrogen (secondary N) is 2. The maximum atomic E-state index is 14.9. The second-order valence-electron chi connectivity index (χ2n) is 12.7. The molecule has 0 aliphatic rings. The van der Waals surface area contributed by atoms with Crippen molar-refractivity contribution < 1.29 is 22.8 Å². The van der Waals surface area contributed by atoms with Crippen LogP contribution in [0.5, 0.6) is 0 Å². The third kappa shape index (κ3) is 7.86. The van der Waals surface area contributed by atoms with E-state index in [-0.39, 0.29) is 23.7 Å². The van der Waals surface area contributed by atoms with E-state index in [1.54, 1.807) is 42.3 Å². The summed E-state index contributed by atoms with van der Waals surface area (Å²) in [6, 6.07) is 23.0. The normalized spacial score (nSPS) is 12.4. The Balaban J connectivity index is 1.53. The number of benzene rings is 4. The molecule has 2 N–H and O–H groups in total. The summed E-state index contributed by atoms with van der Waals surface area (Å²) in [5, 5.41) is 15.7. The van der Waals surface area contributed by atoms with Crippen LogP contribution in [0.3, 0.4) is 0 Å². The van der Waals surface area contributed by atoms with Crippen LogP contribution in [-0.4, -0.2) is 31.4 Å². The number of hydrogen-bond acceptors (Lipinski definition) is 4. The van der Waals surface area contributed by atoms with E-state index in [9.17, 15) is 22.8 Å². The Labute approximate surface area is 314 Å². The Morgan fingerprint density at radius 2 is 1.15 bits per heavy atom. The Morgan fingerprint density at radius 3 is 1.70 bits per heavy atom. The fraction of sp³-hybridized carbons (Fsp3) is 0.200. The first-order valence-corrected chi connectivity index (χ1v) is 17.5. The van der Waals surface area contributed by atoms with Crippen LogP contribution >= 0.6 is 23.2 Å². The summed E-state index contributed by atoms with van der Waals surface area (Å²) in [6.07, 6.45) is 0. The van der Waals surface area contributed by atoms with Gasteiger partial charge < -0.3 is 10.6 Å². The molecule has 2 heterocycles. The van der Waals surface area contributed by atoms with Gasteiger partial charge in [-0.15, -0.1) is 0 Å². The monoisotopic (exact) mass is 758 g/mol. The van der Waals surface area contributed by atoms with Crippen molar-refractivity contribution in [2.45, 2.75) is 52.6 Å². The van der Waals surface area contributed by atoms with Crippen molar-refractivity contribution in [3.63, 3.8) is 0 Å². The lowest BCUT2D eigenvalue weighted by Gasteiger charge is -2.27. The molecule has 53 heavy (non-hydrogen) atoms. The van der Waals surface area contributed by atoms with Crippen LogP contribution in [-0.2, 0) is 22.7 Å². The molecule has 0 radical (unpaired) electrons. The van der Waals surface area contributed by atoms with Crippen LogP contribution in [0, 0.1) is 45.1 Å². The highest BCUT2D eigenvalue weighted by Gasteiger charge is 2.42. The summed E-state index contributed by atoms with van der Waals surface area (Å²) in [5.74, 6) is -5.14. The van der Waals surface area contributed by atoms with Crippen LogP contribution in [0.15, 0.2) is 91.0 Å². The van der Waals surface area contributed by atoms with Gasteiger partial charge in [-0.1, -0.05) is 47.5 Å². The van der Waals surface area contributed by atoms with Crippen molar-refractivity contribution in [2.75, 3.05) is 0 Å². The molecule has 2 atom stereocenters. The summed E-state index contributed by atoms with van der Waals surface area (Å²) in [6.45, 7) is 6.75. The summed E-state index contributed by atoms with van der Waals surface area (Å²) in [7, 11) is 0. The molecule has 6 aromatic rings. The van der Waals surface area contributed by atoms with Crippen LogP contribution in [0.1, 0.15) is 56.9 Å². The SMILES string of the molecule is Cc1nn(-c2ccccc2)c(C)c1C(C(=O)NCc1cc(Cl)ccc1F)C(C(=O)NCc1ccc(F)cc1Cl)c1c(C)nn(-c2ccc(F)cc2)c1C. The van der Waals surface area contributed by atoms with Gasteiger partial charge >= 0.3 is 0 Å². The molecular weight excluding hydrogens is 724 g/mol. The maximum Gasteiger partial charge on any atom is 0.229 e. The molecule has 0 aliphatic heterocycles. The number of amides is 2. The van der Waals surface area contributed by atoms with Gasteiger partial charge in [-0.3, -0.25) is 9.59 Å². The predicted molar refractivity (Wildman–Crippen MR) is 198 cm³/mol. The lowest BCUT2D eigenvalue weighted by atomic mass is 9.78. The van der Waals surface area contributed by atoms with Crippen molar-refractivity contribution in [1.29, 1.82) is 0 Å². The fourth-order valence-corrected chi connectivity index (χ4v) is 7.12. The van der Waals surface area contributed by atoms with E-state index < -0.39 is 41.1 Å². The molecule has 2 unspecified atom stereocenters. The lowest BCUT2D eigenvalue weighted by Crippen LogP contribution is -2.40. The Bertz CT molecular complexity index is 2310. The van der Waals surface area contributed by atoms with Gasteiger partial charge in [0, 0.05) is 51.2 Å². The minimum atomic E-state index is -1.24. The molecule has 2 aromatic heterocycles. The molecule has 0 saturated carbocycles. The first kappa shape index (κ1) is 37.4. The molecule has 2 amide bonds. The number of hydrogen-bond donors (Lipinski definition) is 2. The summed E-state index contributed by atoms with van der Waals surface area (Å²) in [5.41, 5.74) is 4.86. The number of aryl methyl sites for hydroxylation is 2. The van der Waals surface area contributed by atoms with E-state index in [1.807, 2.05) is 37.3 Å². The minimum absolute atomic E-state index is 0.0814. The number of para-hydroxylation sites is 1. The molecule has 0 aliphatic carbocycles. The molecule has 6 rings (SSSR count). The van der Waals surface area contributed by atoms with Crippen molar-refractivity contribution in [3.05, 3.63) is 164 Å². The number of rotatable bonds is 11. The Hall–Kier alpha value is -5.39. The van der Waals surface area contributed by atoms with Crippen LogP contribution in [0.25, 0.3) is 11.4 Å². The molecule has 0 fully saturated rings. The first-order valence-electron chi connectivity index (χ1n) is 16.7. The fourth-order valence-electron chi connectivity index (χ4n) is 6.69. The number of carbonyl (C=O) groups is 2. The largest absolute Gasteiger partial charge is 0.351 e. The quantitative estimate of drug-likeness (QED) is 0.139. The van der Waals surface area contributed by atoms with Crippen LogP contribution < -0.4 is 10.6 Å². The van der Waals surface area contributed by atoms with Gasteiger partial charge in [0.1, 0.15) is 17.5 Å². The van der Waals surface area contributed by atoms with E-state index in [0.717, 1.165) is 11.8 Å². The summed E-state index contributed by atoms with van der Waals surface area (Å²) < 4.78 is 46.0. The number of carbonyl (C=O) groups excluding carboxylic acids is 2. The number of halogens is 5. The smallest absolute Gasteiger partial charge is 0.229 e. The van der Waals surface area contributed by atoms with Gasteiger partial charge in [-0.05, 0) is 100.0 Å². The third-order valence-corrected chi connectivity index (χ3v) is 9.80. The van der Waals surface area contributed by atoms with E-state index in [2.05, 4.69) is 10.6 Å². The Morgan fingerprint density at radius 1 is 0.642 bits per heavy atom. The molecule has 0 saturated heterocycles. The molecule has 4 aromatic carbocycles. The van der Waals surface area contributed by atoms with E-state index in [4.69, 9.17) is 33.4 Å². The van der Waals surface area contributed by atoms with E-state index in [1.165, 1.54) is 42.5 Å². The average molecular weight is 760 g/mol. The average Bonchev–Trinajstić information content (AvgIpc) is 3.59. The molecule has 0 spiro atoms. The van der Waals surface area contributed by atoms with Gasteiger partial charge in [-0.2, -0.15) is 10.2 Å². The molecule has 272 valence electrons. The zero-order valence-corrected chi connectivity index (χ0v) is 30.7. The highest BCUT2D eigenvalue weighted by atomic mass is 35.5. The topological polar surface area (TPSA) is 93.8 Å². The highest BCUT2D eigenvalue weighted by Crippen LogP contribution is 2.41. The maximum absolute atomic E-state index is 14.9. The van der Waals surface area contributed by atoms with Crippen molar-refractivity contribution in [2.24, 2.45) is 0 Å². The lowest BCUT2D eigenvalue weighted by molar-refractivity contribution is -0.129. The molecule has 8 nitrogen and oxygen atoms in total. The summed E-state index contributed by atoms with van der Waals surface area (Å²) >= 11 is 12.5. The first-order chi connectivity index (χ1) is 25.3. The van der Waals surface area contributed by atoms with E-state index in [0.29, 0.717) is 50.2 Å². The standard InChI is InChI=1S/C40H35Cl2F3N6O2/c1-22-35(24(3)50(48-22)31-8-6-5-7-9-31)38(40(53)47-21-27-18-28(41)11-17-34(27)45)37(39(52)46-20-26-10-12-30(44)19-33(26)42)36-23(2)49-51(25(36)4)32-15-13-29(43)14-16-32/h5-19,37-38H,20-21H2,1-4H3,(H,46,52)(H,47,53). The zero-order chi connectivity index (χ0) is 38.0.